The van der Waals surface area contributed by atoms with E-state index in [1.165, 1.54) is 18.2 Å². The average Bonchev–Trinajstić information content (AvgIpc) is 3.31. The summed E-state index contributed by atoms with van der Waals surface area (Å²) in [7, 11) is 3.14. The lowest BCUT2D eigenvalue weighted by Gasteiger charge is -2.29. The van der Waals surface area contributed by atoms with Crippen LogP contribution >= 0.6 is 11.6 Å². The predicted molar refractivity (Wildman–Crippen MR) is 118 cm³/mol. The summed E-state index contributed by atoms with van der Waals surface area (Å²) in [5, 5.41) is 6.84. The summed E-state index contributed by atoms with van der Waals surface area (Å²) in [4.78, 5) is 19.0. The molecule has 0 unspecified atom stereocenters. The van der Waals surface area contributed by atoms with Crippen LogP contribution in [0.2, 0.25) is 5.02 Å². The van der Waals surface area contributed by atoms with Crippen LogP contribution in [0, 0.1) is 11.7 Å². The van der Waals surface area contributed by atoms with Gasteiger partial charge in [-0.2, -0.15) is 4.98 Å². The molecule has 1 N–H and O–H groups in total. The molecule has 1 amide bonds. The smallest absolute Gasteiger partial charge is 0.324 e. The second-order valence-corrected chi connectivity index (χ2v) is 7.76. The number of halogens is 2. The van der Waals surface area contributed by atoms with Crippen molar-refractivity contribution in [1.82, 2.24) is 10.1 Å². The lowest BCUT2D eigenvalue weighted by Crippen LogP contribution is -2.38. The number of carbonyl (C=O) groups is 1. The third kappa shape index (κ3) is 4.62. The number of hydrogen-bond donors (Lipinski definition) is 1. The molecule has 1 aliphatic rings. The van der Waals surface area contributed by atoms with Gasteiger partial charge >= 0.3 is 6.01 Å². The Bertz CT molecular complexity index is 1120. The molecule has 168 valence electrons. The summed E-state index contributed by atoms with van der Waals surface area (Å²) in [6, 6.07) is 9.91. The van der Waals surface area contributed by atoms with Crippen LogP contribution in [0.3, 0.4) is 0 Å². The lowest BCUT2D eigenvalue weighted by molar-refractivity contribution is -0.120. The minimum absolute atomic E-state index is 0.0284. The van der Waals surface area contributed by atoms with Gasteiger partial charge in [-0.05, 0) is 49.2 Å². The van der Waals surface area contributed by atoms with Crippen molar-refractivity contribution in [2.24, 2.45) is 5.92 Å². The summed E-state index contributed by atoms with van der Waals surface area (Å²) in [6.45, 7) is 1.19. The number of aromatic nitrogens is 2. The van der Waals surface area contributed by atoms with Crippen LogP contribution in [0.15, 0.2) is 40.9 Å². The van der Waals surface area contributed by atoms with E-state index in [-0.39, 0.29) is 16.8 Å². The number of benzene rings is 2. The molecule has 1 saturated heterocycles. The second-order valence-electron chi connectivity index (χ2n) is 7.35. The van der Waals surface area contributed by atoms with Gasteiger partial charge in [-0.1, -0.05) is 16.8 Å². The van der Waals surface area contributed by atoms with Gasteiger partial charge in [0.25, 0.3) is 0 Å². The third-order valence-corrected chi connectivity index (χ3v) is 5.67. The van der Waals surface area contributed by atoms with E-state index >= 15 is 0 Å². The molecule has 1 fully saturated rings. The first-order valence-electron chi connectivity index (χ1n) is 10.1. The number of nitrogens with one attached hydrogen (secondary N) is 1. The number of ether oxygens (including phenoxy) is 2. The van der Waals surface area contributed by atoms with Crippen LogP contribution in [0.1, 0.15) is 12.8 Å². The van der Waals surface area contributed by atoms with Gasteiger partial charge in [0.05, 0.1) is 19.2 Å². The molecule has 0 bridgehead atoms. The van der Waals surface area contributed by atoms with Crippen molar-refractivity contribution in [3.63, 3.8) is 0 Å². The van der Waals surface area contributed by atoms with Crippen molar-refractivity contribution in [3.8, 4) is 22.9 Å². The molecule has 0 radical (unpaired) electrons. The van der Waals surface area contributed by atoms with E-state index < -0.39 is 5.82 Å². The van der Waals surface area contributed by atoms with Gasteiger partial charge < -0.3 is 24.2 Å². The number of hydrogen-bond acceptors (Lipinski definition) is 7. The molecule has 2 aromatic carbocycles. The number of piperidine rings is 1. The fourth-order valence-corrected chi connectivity index (χ4v) is 3.77. The topological polar surface area (TPSA) is 89.7 Å². The zero-order valence-corrected chi connectivity index (χ0v) is 18.4. The SMILES string of the molecule is COc1ccc(-c2noc(N3CCC(C(=O)Nc4ccc(F)c(Cl)c4)CC3)n2)cc1OC. The molecule has 0 atom stereocenters. The highest BCUT2D eigenvalue weighted by Crippen LogP contribution is 2.32. The Hall–Kier alpha value is -3.33. The van der Waals surface area contributed by atoms with E-state index in [1.807, 2.05) is 11.0 Å². The van der Waals surface area contributed by atoms with Gasteiger partial charge in [-0.3, -0.25) is 4.79 Å². The fraction of sp³-hybridized carbons (Fsp3) is 0.318. The second kappa shape index (κ2) is 9.44. The number of anilines is 2. The van der Waals surface area contributed by atoms with Gasteiger partial charge in [0.2, 0.25) is 11.7 Å². The molecular weight excluding hydrogens is 439 g/mol. The largest absolute Gasteiger partial charge is 0.493 e. The number of rotatable bonds is 6. The van der Waals surface area contributed by atoms with Gasteiger partial charge in [0.15, 0.2) is 11.5 Å². The van der Waals surface area contributed by atoms with Crippen molar-refractivity contribution >= 4 is 29.2 Å². The maximum atomic E-state index is 13.3. The normalized spacial score (nSPS) is 14.3. The average molecular weight is 461 g/mol. The zero-order chi connectivity index (χ0) is 22.7. The first kappa shape index (κ1) is 21.9. The third-order valence-electron chi connectivity index (χ3n) is 5.38. The maximum absolute atomic E-state index is 13.3. The summed E-state index contributed by atoms with van der Waals surface area (Å²) in [5.41, 5.74) is 1.21. The summed E-state index contributed by atoms with van der Waals surface area (Å²) >= 11 is 5.78. The Balaban J connectivity index is 1.37. The van der Waals surface area contributed by atoms with Crippen molar-refractivity contribution in [2.45, 2.75) is 12.8 Å². The van der Waals surface area contributed by atoms with Crippen LogP contribution in [0.4, 0.5) is 16.1 Å². The number of amides is 1. The van der Waals surface area contributed by atoms with E-state index in [0.29, 0.717) is 55.0 Å². The molecule has 3 aromatic rings. The monoisotopic (exact) mass is 460 g/mol. The minimum atomic E-state index is -0.523. The lowest BCUT2D eigenvalue weighted by atomic mass is 9.96. The molecule has 1 aromatic heterocycles. The highest BCUT2D eigenvalue weighted by molar-refractivity contribution is 6.31. The van der Waals surface area contributed by atoms with E-state index in [4.69, 9.17) is 25.6 Å². The first-order chi connectivity index (χ1) is 15.5. The Kier molecular flexibility index (Phi) is 6.45. The standard InChI is InChI=1S/C22H22ClFN4O4/c1-30-18-6-3-14(11-19(18)31-2)20-26-22(32-27-20)28-9-7-13(8-10-28)21(29)25-15-4-5-17(24)16(23)12-15/h3-6,11-13H,7-10H2,1-2H3,(H,25,29). The van der Waals surface area contributed by atoms with Crippen LogP contribution < -0.4 is 19.7 Å². The highest BCUT2D eigenvalue weighted by atomic mass is 35.5. The van der Waals surface area contributed by atoms with E-state index in [9.17, 15) is 9.18 Å². The molecule has 0 aliphatic carbocycles. The van der Waals surface area contributed by atoms with Crippen LogP contribution in [-0.2, 0) is 4.79 Å². The summed E-state index contributed by atoms with van der Waals surface area (Å²) in [6.07, 6.45) is 1.24. The number of carbonyl (C=O) groups excluding carboxylic acids is 1. The molecule has 0 saturated carbocycles. The van der Waals surface area contributed by atoms with Gasteiger partial charge in [0.1, 0.15) is 5.82 Å². The van der Waals surface area contributed by atoms with Gasteiger partial charge in [-0.25, -0.2) is 4.39 Å². The first-order valence-corrected chi connectivity index (χ1v) is 10.4. The molecule has 1 aliphatic heterocycles. The highest BCUT2D eigenvalue weighted by Gasteiger charge is 2.28. The maximum Gasteiger partial charge on any atom is 0.324 e. The van der Waals surface area contributed by atoms with Crippen LogP contribution in [0.25, 0.3) is 11.4 Å². The van der Waals surface area contributed by atoms with Crippen molar-refractivity contribution in [3.05, 3.63) is 47.2 Å². The molecule has 2 heterocycles. The quantitative estimate of drug-likeness (QED) is 0.583. The van der Waals surface area contributed by atoms with Crippen molar-refractivity contribution in [2.75, 3.05) is 37.5 Å². The molecule has 32 heavy (non-hydrogen) atoms. The van der Waals surface area contributed by atoms with Crippen LogP contribution in [0.5, 0.6) is 11.5 Å². The Morgan fingerprint density at radius 2 is 1.91 bits per heavy atom. The summed E-state index contributed by atoms with van der Waals surface area (Å²) < 4.78 is 29.3. The van der Waals surface area contributed by atoms with Crippen LogP contribution in [-0.4, -0.2) is 43.4 Å². The predicted octanol–water partition coefficient (Wildman–Crippen LogP) is 4.40. The van der Waals surface area contributed by atoms with Gasteiger partial charge in [0, 0.05) is 30.3 Å². The Morgan fingerprint density at radius 1 is 1.16 bits per heavy atom. The Morgan fingerprint density at radius 3 is 2.59 bits per heavy atom. The number of nitrogens with zero attached hydrogens (tertiary/aromatic N) is 3. The molecular formula is C22H22ClFN4O4. The van der Waals surface area contributed by atoms with Crippen molar-refractivity contribution in [1.29, 1.82) is 0 Å². The van der Waals surface area contributed by atoms with E-state index in [2.05, 4.69) is 15.5 Å². The summed E-state index contributed by atoms with van der Waals surface area (Å²) in [5.74, 6) is 0.806. The van der Waals surface area contributed by atoms with E-state index in [0.717, 1.165) is 5.56 Å². The van der Waals surface area contributed by atoms with E-state index in [1.54, 1.807) is 26.4 Å². The van der Waals surface area contributed by atoms with Gasteiger partial charge in [-0.15, -0.1) is 0 Å². The minimum Gasteiger partial charge on any atom is -0.493 e. The zero-order valence-electron chi connectivity index (χ0n) is 17.6. The Labute approximate surface area is 189 Å². The number of methoxy groups -OCH3 is 2. The molecule has 0 spiro atoms. The molecule has 8 nitrogen and oxygen atoms in total. The van der Waals surface area contributed by atoms with Crippen molar-refractivity contribution < 1.29 is 23.2 Å². The molecule has 4 rings (SSSR count). The fourth-order valence-electron chi connectivity index (χ4n) is 3.59. The molecule has 10 heteroatoms.